The molecule has 4 rings (SSSR count). The van der Waals surface area contributed by atoms with E-state index < -0.39 is 0 Å². The van der Waals surface area contributed by atoms with Crippen LogP contribution in [0, 0.1) is 0 Å². The minimum atomic E-state index is -0.127. The molecule has 3 aromatic rings. The van der Waals surface area contributed by atoms with Gasteiger partial charge in [0.25, 0.3) is 0 Å². The van der Waals surface area contributed by atoms with Crippen LogP contribution in [-0.4, -0.2) is 26.6 Å². The van der Waals surface area contributed by atoms with Gasteiger partial charge in [0, 0.05) is 27.7 Å². The highest BCUT2D eigenvalue weighted by atomic mass is 32.2. The van der Waals surface area contributed by atoms with E-state index in [4.69, 9.17) is 14.7 Å². The van der Waals surface area contributed by atoms with Gasteiger partial charge in [0.05, 0.1) is 12.2 Å². The average molecular weight is 431 g/mol. The van der Waals surface area contributed by atoms with E-state index in [-0.39, 0.29) is 5.60 Å². The number of thiophene rings is 1. The second-order valence-electron chi connectivity index (χ2n) is 7.97. The molecule has 0 fully saturated rings. The van der Waals surface area contributed by atoms with E-state index >= 15 is 0 Å². The summed E-state index contributed by atoms with van der Waals surface area (Å²) in [6, 6.07) is 10.7. The number of benzene rings is 1. The Balaban J connectivity index is 1.68. The first-order valence-electron chi connectivity index (χ1n) is 9.71. The lowest BCUT2D eigenvalue weighted by molar-refractivity contribution is -0.0379. The summed E-state index contributed by atoms with van der Waals surface area (Å²) in [4.78, 5) is 12.3. The number of hydrogen-bond acceptors (Lipinski definition) is 6. The van der Waals surface area contributed by atoms with Crippen LogP contribution < -0.4 is 0 Å². The number of hydrogen-bond donors (Lipinski definition) is 0. The number of aromatic nitrogens is 2. The molecule has 0 aliphatic carbocycles. The molecular formula is C22H26N2OS3. The zero-order valence-electron chi connectivity index (χ0n) is 16.8. The average Bonchev–Trinajstić information content (AvgIpc) is 2.98. The molecule has 1 aliphatic heterocycles. The molecule has 0 radical (unpaired) electrons. The Labute approximate surface area is 179 Å². The maximum Gasteiger partial charge on any atom is 0.190 e. The Hall–Kier alpha value is -1.08. The summed E-state index contributed by atoms with van der Waals surface area (Å²) < 4.78 is 6.05. The fourth-order valence-corrected chi connectivity index (χ4v) is 6.41. The number of ether oxygens (including phenoxy) is 1. The molecule has 3 nitrogen and oxygen atoms in total. The van der Waals surface area contributed by atoms with Crippen LogP contribution in [-0.2, 0) is 24.2 Å². The summed E-state index contributed by atoms with van der Waals surface area (Å²) in [5, 5.41) is 3.77. The van der Waals surface area contributed by atoms with E-state index in [1.807, 2.05) is 11.8 Å². The molecule has 0 spiro atoms. The molecule has 0 saturated heterocycles. The maximum absolute atomic E-state index is 6.05. The van der Waals surface area contributed by atoms with Crippen LogP contribution in [0.1, 0.15) is 43.7 Å². The second-order valence-corrected chi connectivity index (χ2v) is 11.7. The minimum Gasteiger partial charge on any atom is -0.370 e. The maximum atomic E-state index is 6.05. The van der Waals surface area contributed by atoms with Gasteiger partial charge in [-0.25, -0.2) is 9.97 Å². The molecule has 0 saturated carbocycles. The van der Waals surface area contributed by atoms with Gasteiger partial charge in [0.2, 0.25) is 0 Å². The van der Waals surface area contributed by atoms with Crippen LogP contribution in [0.5, 0.6) is 0 Å². The highest BCUT2D eigenvalue weighted by Gasteiger charge is 2.31. The monoisotopic (exact) mass is 430 g/mol. The van der Waals surface area contributed by atoms with E-state index in [1.165, 1.54) is 21.4 Å². The SMILES string of the molecule is CC(C)Sc1nc(SCCc2ccccc2)c2c3c(sc2n1)COC(C)(C)C3. The lowest BCUT2D eigenvalue weighted by Gasteiger charge is -2.30. The van der Waals surface area contributed by atoms with Crippen molar-refractivity contribution in [1.29, 1.82) is 0 Å². The molecule has 0 amide bonds. The van der Waals surface area contributed by atoms with E-state index in [0.717, 1.165) is 33.6 Å². The second kappa shape index (κ2) is 8.34. The van der Waals surface area contributed by atoms with Crippen LogP contribution in [0.15, 0.2) is 40.5 Å². The third-order valence-corrected chi connectivity index (χ3v) is 7.63. The van der Waals surface area contributed by atoms with Gasteiger partial charge in [-0.05, 0) is 31.4 Å². The Bertz CT molecular complexity index is 967. The minimum absolute atomic E-state index is 0.127. The van der Waals surface area contributed by atoms with Crippen molar-refractivity contribution in [1.82, 2.24) is 9.97 Å². The Morgan fingerprint density at radius 1 is 1.18 bits per heavy atom. The Morgan fingerprint density at radius 3 is 2.71 bits per heavy atom. The summed E-state index contributed by atoms with van der Waals surface area (Å²) in [5.41, 5.74) is 2.65. The standard InChI is InChI=1S/C22H26N2OS3/c1-14(2)27-21-23-19(26-11-10-15-8-6-5-7-9-15)18-16-12-22(3,4)25-13-17(16)28-20(18)24-21/h5-9,14H,10-13H2,1-4H3. The summed E-state index contributed by atoms with van der Waals surface area (Å²) in [6.07, 6.45) is 1.97. The van der Waals surface area contributed by atoms with Gasteiger partial charge in [0.15, 0.2) is 5.16 Å². The van der Waals surface area contributed by atoms with Gasteiger partial charge in [-0.1, -0.05) is 55.9 Å². The lowest BCUT2D eigenvalue weighted by Crippen LogP contribution is -2.31. The summed E-state index contributed by atoms with van der Waals surface area (Å²) in [5.74, 6) is 1.02. The molecule has 0 atom stereocenters. The molecule has 1 aromatic carbocycles. The van der Waals surface area contributed by atoms with Crippen LogP contribution in [0.25, 0.3) is 10.2 Å². The van der Waals surface area contributed by atoms with Crippen molar-refractivity contribution in [3.8, 4) is 0 Å². The normalized spacial score (nSPS) is 15.9. The third-order valence-electron chi connectivity index (χ3n) is 4.69. The van der Waals surface area contributed by atoms with Crippen LogP contribution in [0.2, 0.25) is 0 Å². The van der Waals surface area contributed by atoms with Crippen molar-refractivity contribution >= 4 is 45.1 Å². The Morgan fingerprint density at radius 2 is 1.96 bits per heavy atom. The van der Waals surface area contributed by atoms with Crippen molar-refractivity contribution in [2.45, 2.75) is 68.2 Å². The van der Waals surface area contributed by atoms with Crippen molar-refractivity contribution in [3.05, 3.63) is 46.3 Å². The number of rotatable bonds is 6. The molecule has 2 aromatic heterocycles. The van der Waals surface area contributed by atoms with Gasteiger partial charge in [-0.3, -0.25) is 0 Å². The van der Waals surface area contributed by atoms with Gasteiger partial charge < -0.3 is 4.74 Å². The molecule has 0 bridgehead atoms. The first kappa shape index (κ1) is 20.2. The first-order chi connectivity index (χ1) is 13.4. The quantitative estimate of drug-likeness (QED) is 0.258. The molecule has 3 heterocycles. The number of nitrogens with zero attached hydrogens (tertiary/aromatic N) is 2. The summed E-state index contributed by atoms with van der Waals surface area (Å²) in [6.45, 7) is 9.41. The number of thioether (sulfide) groups is 2. The molecule has 0 unspecified atom stereocenters. The summed E-state index contributed by atoms with van der Waals surface area (Å²) in [7, 11) is 0. The van der Waals surface area contributed by atoms with E-state index in [0.29, 0.717) is 11.9 Å². The molecule has 28 heavy (non-hydrogen) atoms. The fourth-order valence-electron chi connectivity index (χ4n) is 3.37. The van der Waals surface area contributed by atoms with Crippen LogP contribution >= 0.6 is 34.9 Å². The van der Waals surface area contributed by atoms with Crippen molar-refractivity contribution in [2.24, 2.45) is 0 Å². The number of aryl methyl sites for hydroxylation is 1. The topological polar surface area (TPSA) is 35.0 Å². The highest BCUT2D eigenvalue weighted by molar-refractivity contribution is 8.00. The van der Waals surface area contributed by atoms with E-state index in [1.54, 1.807) is 23.1 Å². The predicted octanol–water partition coefficient (Wildman–Crippen LogP) is 6.38. The zero-order valence-corrected chi connectivity index (χ0v) is 19.3. The molecule has 6 heteroatoms. The van der Waals surface area contributed by atoms with Crippen molar-refractivity contribution in [2.75, 3.05) is 5.75 Å². The van der Waals surface area contributed by atoms with Gasteiger partial charge in [-0.2, -0.15) is 0 Å². The first-order valence-corrected chi connectivity index (χ1v) is 12.4. The molecule has 0 N–H and O–H groups in total. The Kier molecular flexibility index (Phi) is 6.02. The molecule has 148 valence electrons. The predicted molar refractivity (Wildman–Crippen MR) is 122 cm³/mol. The number of fused-ring (bicyclic) bond motifs is 3. The van der Waals surface area contributed by atoms with Crippen LogP contribution in [0.4, 0.5) is 0 Å². The molecular weight excluding hydrogens is 404 g/mol. The largest absolute Gasteiger partial charge is 0.370 e. The van der Waals surface area contributed by atoms with E-state index in [9.17, 15) is 0 Å². The summed E-state index contributed by atoms with van der Waals surface area (Å²) >= 11 is 5.39. The van der Waals surface area contributed by atoms with E-state index in [2.05, 4.69) is 58.0 Å². The highest BCUT2D eigenvalue weighted by Crippen LogP contribution is 2.42. The molecule has 1 aliphatic rings. The lowest BCUT2D eigenvalue weighted by atomic mass is 9.95. The fraction of sp³-hybridized carbons (Fsp3) is 0.455. The van der Waals surface area contributed by atoms with Gasteiger partial charge in [0.1, 0.15) is 9.86 Å². The van der Waals surface area contributed by atoms with Crippen molar-refractivity contribution < 1.29 is 4.74 Å². The van der Waals surface area contributed by atoms with Gasteiger partial charge in [-0.15, -0.1) is 23.1 Å². The smallest absolute Gasteiger partial charge is 0.190 e. The van der Waals surface area contributed by atoms with Gasteiger partial charge >= 0.3 is 0 Å². The third kappa shape index (κ3) is 4.56. The van der Waals surface area contributed by atoms with Crippen LogP contribution in [0.3, 0.4) is 0 Å². The van der Waals surface area contributed by atoms with Crippen molar-refractivity contribution in [3.63, 3.8) is 0 Å². The zero-order chi connectivity index (χ0) is 19.7.